The van der Waals surface area contributed by atoms with Crippen molar-refractivity contribution in [3.63, 3.8) is 0 Å². The summed E-state index contributed by atoms with van der Waals surface area (Å²) < 4.78 is 19.7. The third-order valence-corrected chi connectivity index (χ3v) is 3.73. The molecule has 0 aliphatic rings. The molecule has 0 rings (SSSR count). The van der Waals surface area contributed by atoms with Crippen LogP contribution in [0.4, 0.5) is 0 Å². The third kappa shape index (κ3) is 17.4. The van der Waals surface area contributed by atoms with E-state index >= 15 is 0 Å². The monoisotopic (exact) mass is 336 g/mol. The van der Waals surface area contributed by atoms with Crippen LogP contribution < -0.4 is 0 Å². The van der Waals surface area contributed by atoms with Gasteiger partial charge in [-0.1, -0.05) is 57.9 Å². The number of hydrogen-bond donors (Lipinski definition) is 2. The number of carbonyl (C=O) groups excluding carboxylic acids is 1. The Kier molecular flexibility index (Phi) is 13.5. The maximum absolute atomic E-state index is 10.8. The van der Waals surface area contributed by atoms with Gasteiger partial charge in [0, 0.05) is 6.08 Å². The second-order valence-corrected chi connectivity index (χ2v) is 6.47. The number of esters is 1. The first kappa shape index (κ1) is 21.3. The maximum atomic E-state index is 10.8. The van der Waals surface area contributed by atoms with Gasteiger partial charge in [0.1, 0.15) is 0 Å². The summed E-state index contributed by atoms with van der Waals surface area (Å²) in [5.41, 5.74) is 0. The fraction of sp³-hybridized carbons (Fsp3) is 0.800. The Balaban J connectivity index is 3.10. The summed E-state index contributed by atoms with van der Waals surface area (Å²) in [4.78, 5) is 27.8. The first-order valence-corrected chi connectivity index (χ1v) is 9.48. The SMILES string of the molecule is C=CC(=O)OCCCCCCCCCCCCOP(=O)(O)O. The van der Waals surface area contributed by atoms with E-state index in [1.807, 2.05) is 0 Å². The van der Waals surface area contributed by atoms with Gasteiger partial charge in [-0.15, -0.1) is 0 Å². The van der Waals surface area contributed by atoms with Gasteiger partial charge in [0.2, 0.25) is 0 Å². The molecule has 7 heteroatoms. The number of rotatable bonds is 15. The van der Waals surface area contributed by atoms with Crippen LogP contribution in [0.1, 0.15) is 64.2 Å². The lowest BCUT2D eigenvalue weighted by Gasteiger charge is -2.05. The van der Waals surface area contributed by atoms with Gasteiger partial charge in [-0.05, 0) is 12.8 Å². The smallest absolute Gasteiger partial charge is 0.463 e. The molecule has 0 aromatic heterocycles. The minimum absolute atomic E-state index is 0.126. The molecule has 0 fully saturated rings. The molecule has 130 valence electrons. The van der Waals surface area contributed by atoms with Crippen molar-refractivity contribution in [2.75, 3.05) is 13.2 Å². The van der Waals surface area contributed by atoms with Crippen molar-refractivity contribution in [1.29, 1.82) is 0 Å². The number of hydrogen-bond acceptors (Lipinski definition) is 4. The van der Waals surface area contributed by atoms with Crippen LogP contribution in [-0.4, -0.2) is 29.0 Å². The minimum atomic E-state index is -4.29. The number of unbranched alkanes of at least 4 members (excludes halogenated alkanes) is 9. The molecule has 0 amide bonds. The standard InChI is InChI=1S/C15H29O6P/c1-2-15(16)20-13-11-9-7-5-3-4-6-8-10-12-14-21-22(17,18)19/h2H,1,3-14H2,(H2,17,18,19). The zero-order chi connectivity index (χ0) is 16.7. The lowest BCUT2D eigenvalue weighted by atomic mass is 10.1. The van der Waals surface area contributed by atoms with Crippen LogP contribution in [0.5, 0.6) is 0 Å². The zero-order valence-corrected chi connectivity index (χ0v) is 14.1. The largest absolute Gasteiger partial charge is 0.469 e. The van der Waals surface area contributed by atoms with Crippen molar-refractivity contribution in [3.8, 4) is 0 Å². The molecule has 0 radical (unpaired) electrons. The predicted molar refractivity (Wildman–Crippen MR) is 85.3 cm³/mol. The van der Waals surface area contributed by atoms with Crippen molar-refractivity contribution >= 4 is 13.8 Å². The molecule has 0 unspecified atom stereocenters. The molecule has 2 N–H and O–H groups in total. The zero-order valence-electron chi connectivity index (χ0n) is 13.2. The second-order valence-electron chi connectivity index (χ2n) is 5.23. The molecule has 6 nitrogen and oxygen atoms in total. The highest BCUT2D eigenvalue weighted by Gasteiger charge is 2.12. The van der Waals surface area contributed by atoms with E-state index in [9.17, 15) is 9.36 Å². The molecular weight excluding hydrogens is 307 g/mol. The minimum Gasteiger partial charge on any atom is -0.463 e. The van der Waals surface area contributed by atoms with E-state index in [4.69, 9.17) is 14.5 Å². The molecule has 0 saturated heterocycles. The van der Waals surface area contributed by atoms with Crippen LogP contribution in [0.15, 0.2) is 12.7 Å². The molecule has 0 atom stereocenters. The molecule has 0 bridgehead atoms. The van der Waals surface area contributed by atoms with Gasteiger partial charge in [0.05, 0.1) is 13.2 Å². The van der Waals surface area contributed by atoms with Crippen molar-refractivity contribution in [2.24, 2.45) is 0 Å². The Morgan fingerprint density at radius 1 is 0.864 bits per heavy atom. The molecule has 0 aromatic carbocycles. The normalized spacial score (nSPS) is 11.4. The van der Waals surface area contributed by atoms with Gasteiger partial charge in [-0.2, -0.15) is 0 Å². The number of ether oxygens (including phenoxy) is 1. The van der Waals surface area contributed by atoms with Crippen LogP contribution in [0.25, 0.3) is 0 Å². The van der Waals surface area contributed by atoms with Crippen LogP contribution in [0.3, 0.4) is 0 Å². The summed E-state index contributed by atoms with van der Waals surface area (Å²) in [5, 5.41) is 0. The van der Waals surface area contributed by atoms with E-state index < -0.39 is 7.82 Å². The molecule has 0 saturated carbocycles. The van der Waals surface area contributed by atoms with Crippen LogP contribution in [-0.2, 0) is 18.6 Å². The van der Waals surface area contributed by atoms with E-state index in [1.54, 1.807) is 0 Å². The summed E-state index contributed by atoms with van der Waals surface area (Å²) >= 11 is 0. The molecule has 0 aromatic rings. The fourth-order valence-corrected chi connectivity index (χ4v) is 2.40. The quantitative estimate of drug-likeness (QED) is 0.205. The Labute approximate surface area is 133 Å². The number of carbonyl (C=O) groups is 1. The summed E-state index contributed by atoms with van der Waals surface area (Å²) in [5.74, 6) is -0.355. The molecule has 0 spiro atoms. The Bertz CT molecular complexity index is 339. The highest BCUT2D eigenvalue weighted by molar-refractivity contribution is 7.46. The van der Waals surface area contributed by atoms with Crippen molar-refractivity contribution in [3.05, 3.63) is 12.7 Å². The number of phosphoric ester groups is 1. The summed E-state index contributed by atoms with van der Waals surface area (Å²) in [6.07, 6.45) is 11.7. The van der Waals surface area contributed by atoms with E-state index in [0.717, 1.165) is 38.5 Å². The lowest BCUT2D eigenvalue weighted by Crippen LogP contribution is -2.01. The van der Waals surface area contributed by atoms with Crippen LogP contribution >= 0.6 is 7.82 Å². The molecular formula is C15H29O6P. The van der Waals surface area contributed by atoms with E-state index in [-0.39, 0.29) is 12.6 Å². The Morgan fingerprint density at radius 2 is 1.27 bits per heavy atom. The molecule has 0 heterocycles. The van der Waals surface area contributed by atoms with E-state index in [1.165, 1.54) is 25.3 Å². The van der Waals surface area contributed by atoms with Gasteiger partial charge < -0.3 is 14.5 Å². The van der Waals surface area contributed by atoms with Gasteiger partial charge in [0.15, 0.2) is 0 Å². The van der Waals surface area contributed by atoms with Crippen molar-refractivity contribution in [2.45, 2.75) is 64.2 Å². The van der Waals surface area contributed by atoms with E-state index in [0.29, 0.717) is 13.0 Å². The summed E-state index contributed by atoms with van der Waals surface area (Å²) in [7, 11) is -4.29. The van der Waals surface area contributed by atoms with Crippen LogP contribution in [0, 0.1) is 0 Å². The van der Waals surface area contributed by atoms with Crippen molar-refractivity contribution < 1.29 is 28.4 Å². The van der Waals surface area contributed by atoms with Crippen LogP contribution in [0.2, 0.25) is 0 Å². The number of phosphoric acid groups is 1. The Hall–Kier alpha value is -0.680. The van der Waals surface area contributed by atoms with Gasteiger partial charge >= 0.3 is 13.8 Å². The van der Waals surface area contributed by atoms with E-state index in [2.05, 4.69) is 11.1 Å². The fourth-order valence-electron chi connectivity index (χ4n) is 2.03. The third-order valence-electron chi connectivity index (χ3n) is 3.21. The molecule has 22 heavy (non-hydrogen) atoms. The Morgan fingerprint density at radius 3 is 1.68 bits per heavy atom. The van der Waals surface area contributed by atoms with Crippen molar-refractivity contribution in [1.82, 2.24) is 0 Å². The van der Waals surface area contributed by atoms with Gasteiger partial charge in [-0.25, -0.2) is 9.36 Å². The topological polar surface area (TPSA) is 93.1 Å². The molecule has 0 aliphatic heterocycles. The average molecular weight is 336 g/mol. The summed E-state index contributed by atoms with van der Waals surface area (Å²) in [6.45, 7) is 3.93. The predicted octanol–water partition coefficient (Wildman–Crippen LogP) is 3.73. The highest BCUT2D eigenvalue weighted by Crippen LogP contribution is 2.35. The first-order chi connectivity index (χ1) is 10.5. The maximum Gasteiger partial charge on any atom is 0.469 e. The van der Waals surface area contributed by atoms with Gasteiger partial charge in [-0.3, -0.25) is 4.52 Å². The average Bonchev–Trinajstić information content (AvgIpc) is 2.46. The highest BCUT2D eigenvalue weighted by atomic mass is 31.2. The molecule has 0 aliphatic carbocycles. The lowest BCUT2D eigenvalue weighted by molar-refractivity contribution is -0.137. The first-order valence-electron chi connectivity index (χ1n) is 7.95. The summed E-state index contributed by atoms with van der Waals surface area (Å²) in [6, 6.07) is 0. The second kappa shape index (κ2) is 13.9. The van der Waals surface area contributed by atoms with Gasteiger partial charge in [0.25, 0.3) is 0 Å².